The fourth-order valence-corrected chi connectivity index (χ4v) is 2.12. The standard InChI is InChI=1S/C9H7Cl3F3N3S/c10-4-1-5(11)7(6(12)2-4)17-8(19)18-16-3-9(13,14)15/h1-2,16H,3H2,(H2,17,18,19). The molecule has 0 saturated carbocycles. The Morgan fingerprint density at radius 3 is 2.16 bits per heavy atom. The molecule has 3 nitrogen and oxygen atoms in total. The number of rotatable bonds is 3. The summed E-state index contributed by atoms with van der Waals surface area (Å²) in [4.78, 5) is 0. The molecule has 1 rings (SSSR count). The van der Waals surface area contributed by atoms with Gasteiger partial charge >= 0.3 is 6.18 Å². The van der Waals surface area contributed by atoms with Gasteiger partial charge in [0.15, 0.2) is 5.11 Å². The number of hydrogen-bond acceptors (Lipinski definition) is 2. The lowest BCUT2D eigenvalue weighted by Crippen LogP contribution is -2.44. The Kier molecular flexibility index (Phi) is 5.94. The summed E-state index contributed by atoms with van der Waals surface area (Å²) in [6.45, 7) is -1.24. The van der Waals surface area contributed by atoms with Crippen LogP contribution >= 0.6 is 47.0 Å². The molecule has 0 aliphatic rings. The van der Waals surface area contributed by atoms with Crippen LogP contribution in [0.2, 0.25) is 15.1 Å². The molecule has 0 saturated heterocycles. The number of hydrogen-bond donors (Lipinski definition) is 3. The topological polar surface area (TPSA) is 36.1 Å². The lowest BCUT2D eigenvalue weighted by atomic mass is 10.3. The molecule has 0 aliphatic carbocycles. The molecular weight excluding hydrogens is 346 g/mol. The van der Waals surface area contributed by atoms with Crippen molar-refractivity contribution >= 4 is 57.8 Å². The normalized spacial score (nSPS) is 11.3. The summed E-state index contributed by atoms with van der Waals surface area (Å²) < 4.78 is 35.6. The van der Waals surface area contributed by atoms with E-state index in [-0.39, 0.29) is 20.8 Å². The van der Waals surface area contributed by atoms with Gasteiger partial charge in [-0.1, -0.05) is 34.8 Å². The van der Waals surface area contributed by atoms with Gasteiger partial charge in [-0.25, -0.2) is 5.43 Å². The van der Waals surface area contributed by atoms with E-state index in [1.165, 1.54) is 12.1 Å². The molecule has 0 atom stereocenters. The number of benzene rings is 1. The summed E-state index contributed by atoms with van der Waals surface area (Å²) in [6.07, 6.45) is -4.35. The first-order chi connectivity index (χ1) is 8.69. The molecule has 3 N–H and O–H groups in total. The molecule has 10 heteroatoms. The van der Waals surface area contributed by atoms with Crippen LogP contribution < -0.4 is 16.2 Å². The highest BCUT2D eigenvalue weighted by Gasteiger charge is 2.26. The molecule has 0 unspecified atom stereocenters. The fourth-order valence-electron chi connectivity index (χ4n) is 1.03. The van der Waals surface area contributed by atoms with Crippen molar-refractivity contribution in [3.8, 4) is 0 Å². The van der Waals surface area contributed by atoms with Crippen molar-refractivity contribution < 1.29 is 13.2 Å². The Labute approximate surface area is 127 Å². The summed E-state index contributed by atoms with van der Waals surface area (Å²) >= 11 is 22.2. The van der Waals surface area contributed by atoms with Crippen LogP contribution in [0, 0.1) is 0 Å². The van der Waals surface area contributed by atoms with Gasteiger partial charge in [0.25, 0.3) is 0 Å². The summed E-state index contributed by atoms with van der Waals surface area (Å²) in [5, 5.41) is 3.16. The second-order valence-electron chi connectivity index (χ2n) is 3.29. The van der Waals surface area contributed by atoms with Crippen LogP contribution in [0.15, 0.2) is 12.1 Å². The zero-order valence-electron chi connectivity index (χ0n) is 9.04. The number of hydrazine groups is 1. The Bertz CT molecular complexity index is 459. The maximum Gasteiger partial charge on any atom is 0.402 e. The van der Waals surface area contributed by atoms with E-state index < -0.39 is 12.7 Å². The van der Waals surface area contributed by atoms with E-state index in [0.29, 0.717) is 5.02 Å². The van der Waals surface area contributed by atoms with Crippen LogP contribution in [0.1, 0.15) is 0 Å². The van der Waals surface area contributed by atoms with Crippen LogP contribution in [-0.2, 0) is 0 Å². The highest BCUT2D eigenvalue weighted by molar-refractivity contribution is 7.80. The van der Waals surface area contributed by atoms with E-state index >= 15 is 0 Å². The Morgan fingerprint density at radius 2 is 1.68 bits per heavy atom. The van der Waals surface area contributed by atoms with Gasteiger partial charge in [-0.3, -0.25) is 5.43 Å². The molecule has 106 valence electrons. The Balaban J connectivity index is 2.58. The number of halogens is 6. The third-order valence-electron chi connectivity index (χ3n) is 1.74. The second-order valence-corrected chi connectivity index (χ2v) is 4.95. The van der Waals surface area contributed by atoms with Crippen LogP contribution in [-0.4, -0.2) is 17.8 Å². The molecule has 0 fully saturated rings. The predicted octanol–water partition coefficient (Wildman–Crippen LogP) is 4.00. The van der Waals surface area contributed by atoms with E-state index in [0.717, 1.165) is 0 Å². The van der Waals surface area contributed by atoms with E-state index in [2.05, 4.69) is 10.7 Å². The predicted molar refractivity (Wildman–Crippen MR) is 74.9 cm³/mol. The molecule has 0 amide bonds. The molecule has 0 spiro atoms. The molecule has 0 radical (unpaired) electrons. The fraction of sp³-hybridized carbons (Fsp3) is 0.222. The van der Waals surface area contributed by atoms with E-state index in [1.54, 1.807) is 0 Å². The van der Waals surface area contributed by atoms with Gasteiger partial charge in [-0.05, 0) is 24.4 Å². The first kappa shape index (κ1) is 16.6. The molecule has 0 bridgehead atoms. The van der Waals surface area contributed by atoms with Crippen molar-refractivity contribution in [1.29, 1.82) is 0 Å². The minimum Gasteiger partial charge on any atom is -0.329 e. The van der Waals surface area contributed by atoms with Gasteiger partial charge in [0.05, 0.1) is 15.7 Å². The Hall–Kier alpha value is -0.470. The molecule has 0 aromatic heterocycles. The second kappa shape index (κ2) is 6.81. The van der Waals surface area contributed by atoms with Crippen molar-refractivity contribution in [3.05, 3.63) is 27.2 Å². The quantitative estimate of drug-likeness (QED) is 0.568. The van der Waals surface area contributed by atoms with Gasteiger partial charge in [0.1, 0.15) is 6.54 Å². The van der Waals surface area contributed by atoms with Gasteiger partial charge in [0.2, 0.25) is 0 Å². The first-order valence-corrected chi connectivity index (χ1v) is 6.24. The maximum atomic E-state index is 11.9. The van der Waals surface area contributed by atoms with Gasteiger partial charge < -0.3 is 5.32 Å². The SMILES string of the molecule is FC(F)(F)CNNC(=S)Nc1c(Cl)cc(Cl)cc1Cl. The van der Waals surface area contributed by atoms with E-state index in [4.69, 9.17) is 47.0 Å². The van der Waals surface area contributed by atoms with Crippen LogP contribution in [0.25, 0.3) is 0 Å². The maximum absolute atomic E-state index is 11.9. The lowest BCUT2D eigenvalue weighted by molar-refractivity contribution is -0.125. The largest absolute Gasteiger partial charge is 0.402 e. The third-order valence-corrected chi connectivity index (χ3v) is 2.75. The zero-order valence-corrected chi connectivity index (χ0v) is 12.1. The van der Waals surface area contributed by atoms with Crippen molar-refractivity contribution in [2.75, 3.05) is 11.9 Å². The van der Waals surface area contributed by atoms with Crippen molar-refractivity contribution in [2.24, 2.45) is 0 Å². The minimum atomic E-state index is -4.35. The van der Waals surface area contributed by atoms with Crippen molar-refractivity contribution in [3.63, 3.8) is 0 Å². The van der Waals surface area contributed by atoms with Crippen molar-refractivity contribution in [2.45, 2.75) is 6.18 Å². The number of alkyl halides is 3. The molecular formula is C9H7Cl3F3N3S. The monoisotopic (exact) mass is 351 g/mol. The summed E-state index contributed by atoms with van der Waals surface area (Å²) in [7, 11) is 0. The molecule has 0 aliphatic heterocycles. The molecule has 1 aromatic rings. The van der Waals surface area contributed by atoms with E-state index in [9.17, 15) is 13.2 Å². The molecule has 0 heterocycles. The van der Waals surface area contributed by atoms with Crippen LogP contribution in [0.5, 0.6) is 0 Å². The minimum absolute atomic E-state index is 0.115. The number of nitrogens with one attached hydrogen (secondary N) is 3. The third kappa shape index (κ3) is 6.01. The van der Waals surface area contributed by atoms with Crippen LogP contribution in [0.3, 0.4) is 0 Å². The average Bonchev–Trinajstić information content (AvgIpc) is 2.21. The highest BCUT2D eigenvalue weighted by atomic mass is 35.5. The summed E-state index contributed by atoms with van der Waals surface area (Å²) in [5.74, 6) is 0. The molecule has 19 heavy (non-hydrogen) atoms. The van der Waals surface area contributed by atoms with Gasteiger partial charge in [0, 0.05) is 5.02 Å². The van der Waals surface area contributed by atoms with Gasteiger partial charge in [-0.2, -0.15) is 13.2 Å². The first-order valence-electron chi connectivity index (χ1n) is 4.70. The van der Waals surface area contributed by atoms with Gasteiger partial charge in [-0.15, -0.1) is 0 Å². The van der Waals surface area contributed by atoms with Crippen LogP contribution in [0.4, 0.5) is 18.9 Å². The van der Waals surface area contributed by atoms with E-state index in [1.807, 2.05) is 5.43 Å². The highest BCUT2D eigenvalue weighted by Crippen LogP contribution is 2.33. The summed E-state index contributed by atoms with van der Waals surface area (Å²) in [6, 6.07) is 2.84. The summed E-state index contributed by atoms with van der Waals surface area (Å²) in [5.41, 5.74) is 4.31. The zero-order chi connectivity index (χ0) is 14.6. The average molecular weight is 353 g/mol. The lowest BCUT2D eigenvalue weighted by Gasteiger charge is -2.14. The van der Waals surface area contributed by atoms with Crippen molar-refractivity contribution in [1.82, 2.24) is 10.9 Å². The number of thiocarbonyl (C=S) groups is 1. The number of anilines is 1. The smallest absolute Gasteiger partial charge is 0.329 e. The molecule has 1 aromatic carbocycles. The Morgan fingerprint density at radius 1 is 1.16 bits per heavy atom.